The maximum Gasteiger partial charge on any atom is 0.312 e. The van der Waals surface area contributed by atoms with Crippen LogP contribution in [0.4, 0.5) is 0 Å². The Balaban J connectivity index is 2.00. The fourth-order valence-corrected chi connectivity index (χ4v) is 6.76. The van der Waals surface area contributed by atoms with Gasteiger partial charge in [0.2, 0.25) is 0 Å². The molecule has 3 fully saturated rings. The first-order chi connectivity index (χ1) is 16.8. The Kier molecular flexibility index (Phi) is 6.75. The molecule has 0 aromatic carbocycles. The van der Waals surface area contributed by atoms with E-state index < -0.39 is 76.7 Å². The highest BCUT2D eigenvalue weighted by Gasteiger charge is 2.74. The van der Waals surface area contributed by atoms with Crippen LogP contribution >= 0.6 is 0 Å². The van der Waals surface area contributed by atoms with Crippen LogP contribution < -0.4 is 0 Å². The van der Waals surface area contributed by atoms with E-state index >= 15 is 0 Å². The van der Waals surface area contributed by atoms with Gasteiger partial charge in [0.1, 0.15) is 18.3 Å². The molecular weight excluding hydrogens is 472 g/mol. The summed E-state index contributed by atoms with van der Waals surface area (Å²) < 4.78 is 29.2. The van der Waals surface area contributed by atoms with Crippen LogP contribution in [0.15, 0.2) is 11.6 Å². The van der Waals surface area contributed by atoms with Crippen LogP contribution in [0.2, 0.25) is 0 Å². The SMILES string of the molecule is CC(=O)OC1CCC(C)=CC2OC(=O)C(C)C2(O)C(OC(C)=O)C2C3(CCC(OC(C)=O)C12C)CO3. The summed E-state index contributed by atoms with van der Waals surface area (Å²) in [6.07, 6.45) is -0.416. The second-order valence-corrected chi connectivity index (χ2v) is 11.0. The Morgan fingerprint density at radius 3 is 2.11 bits per heavy atom. The number of carbonyl (C=O) groups is 4. The van der Waals surface area contributed by atoms with Gasteiger partial charge >= 0.3 is 23.9 Å². The molecule has 2 aliphatic heterocycles. The predicted octanol–water partition coefficient (Wildman–Crippen LogP) is 2.00. The summed E-state index contributed by atoms with van der Waals surface area (Å²) >= 11 is 0. The van der Waals surface area contributed by atoms with Gasteiger partial charge in [-0.25, -0.2) is 0 Å². The second kappa shape index (κ2) is 9.13. The monoisotopic (exact) mass is 508 g/mol. The van der Waals surface area contributed by atoms with Crippen molar-refractivity contribution in [2.75, 3.05) is 6.61 Å². The van der Waals surface area contributed by atoms with E-state index in [2.05, 4.69) is 0 Å². The molecule has 4 aliphatic rings. The average molecular weight is 509 g/mol. The van der Waals surface area contributed by atoms with E-state index in [-0.39, 0.29) is 0 Å². The number of epoxide rings is 1. The minimum absolute atomic E-state index is 0.323. The Hall–Kier alpha value is -2.46. The molecule has 1 saturated carbocycles. The first-order valence-corrected chi connectivity index (χ1v) is 12.5. The van der Waals surface area contributed by atoms with E-state index in [1.54, 1.807) is 13.0 Å². The van der Waals surface area contributed by atoms with Gasteiger partial charge in [-0.1, -0.05) is 12.5 Å². The minimum atomic E-state index is -1.94. The summed E-state index contributed by atoms with van der Waals surface area (Å²) in [7, 11) is 0. The number of hydrogen-bond acceptors (Lipinski definition) is 10. The summed E-state index contributed by atoms with van der Waals surface area (Å²) in [6.45, 7) is 9.38. The molecule has 0 bridgehead atoms. The standard InChI is InChI=1S/C26H36O10/c1-13-7-8-18(33-15(3)27)24(6)19(34-16(4)28)9-10-25(12-32-25)21(24)22(35-17(5)29)26(31)14(2)23(30)36-20(26)11-13/h11,14,18-22,31H,7-10,12H2,1-6H3. The third-order valence-electron chi connectivity index (χ3n) is 8.62. The molecule has 2 saturated heterocycles. The maximum absolute atomic E-state index is 12.8. The summed E-state index contributed by atoms with van der Waals surface area (Å²) in [6, 6.07) is 0. The normalized spacial score (nSPS) is 43.9. The number of rotatable bonds is 3. The number of aliphatic hydroxyl groups is 1. The van der Waals surface area contributed by atoms with Crippen molar-refractivity contribution in [3.8, 4) is 0 Å². The van der Waals surface area contributed by atoms with Crippen LogP contribution in [0, 0.1) is 17.3 Å². The van der Waals surface area contributed by atoms with Crippen molar-refractivity contribution >= 4 is 23.9 Å². The Morgan fingerprint density at radius 1 is 1.03 bits per heavy atom. The minimum Gasteiger partial charge on any atom is -0.462 e. The highest BCUT2D eigenvalue weighted by Crippen LogP contribution is 2.62. The number of esters is 4. The smallest absolute Gasteiger partial charge is 0.312 e. The van der Waals surface area contributed by atoms with Gasteiger partial charge in [0.05, 0.1) is 23.5 Å². The lowest BCUT2D eigenvalue weighted by Crippen LogP contribution is -2.69. The van der Waals surface area contributed by atoms with E-state index in [0.29, 0.717) is 32.3 Å². The third kappa shape index (κ3) is 4.22. The molecule has 1 spiro atoms. The molecule has 9 unspecified atom stereocenters. The van der Waals surface area contributed by atoms with Crippen LogP contribution in [0.1, 0.15) is 67.2 Å². The van der Waals surface area contributed by atoms with Crippen molar-refractivity contribution in [3.05, 3.63) is 11.6 Å². The first kappa shape index (κ1) is 26.6. The number of carbonyl (C=O) groups excluding carboxylic acids is 4. The molecule has 200 valence electrons. The van der Waals surface area contributed by atoms with E-state index in [4.69, 9.17) is 23.7 Å². The molecule has 4 rings (SSSR count). The Morgan fingerprint density at radius 2 is 1.58 bits per heavy atom. The average Bonchev–Trinajstić information content (AvgIpc) is 3.50. The zero-order valence-corrected chi connectivity index (χ0v) is 21.7. The lowest BCUT2D eigenvalue weighted by Gasteiger charge is -2.56. The molecule has 2 aliphatic carbocycles. The number of ether oxygens (including phenoxy) is 5. The molecule has 10 heteroatoms. The summed E-state index contributed by atoms with van der Waals surface area (Å²) in [5.41, 5.74) is -3.09. The molecule has 1 N–H and O–H groups in total. The number of hydrogen-bond donors (Lipinski definition) is 1. The molecule has 10 nitrogen and oxygen atoms in total. The topological polar surface area (TPSA) is 138 Å². The number of fused-ring (bicyclic) bond motifs is 3. The van der Waals surface area contributed by atoms with Crippen molar-refractivity contribution in [1.82, 2.24) is 0 Å². The molecule has 36 heavy (non-hydrogen) atoms. The van der Waals surface area contributed by atoms with Crippen LogP contribution in [0.3, 0.4) is 0 Å². The summed E-state index contributed by atoms with van der Waals surface area (Å²) in [5.74, 6) is -4.10. The summed E-state index contributed by atoms with van der Waals surface area (Å²) in [5, 5.41) is 12.3. The van der Waals surface area contributed by atoms with Crippen LogP contribution in [0.5, 0.6) is 0 Å². The Bertz CT molecular complexity index is 983. The van der Waals surface area contributed by atoms with Crippen LogP contribution in [-0.2, 0) is 42.9 Å². The maximum atomic E-state index is 12.8. The van der Waals surface area contributed by atoms with Gasteiger partial charge in [-0.15, -0.1) is 0 Å². The van der Waals surface area contributed by atoms with Crippen molar-refractivity contribution in [1.29, 1.82) is 0 Å². The molecule has 9 atom stereocenters. The quantitative estimate of drug-likeness (QED) is 0.261. The van der Waals surface area contributed by atoms with Gasteiger partial charge in [-0.2, -0.15) is 0 Å². The molecule has 2 heterocycles. The van der Waals surface area contributed by atoms with Crippen molar-refractivity contribution in [2.45, 2.75) is 103 Å². The zero-order chi connectivity index (χ0) is 26.6. The van der Waals surface area contributed by atoms with Gasteiger partial charge in [-0.05, 0) is 45.6 Å². The highest BCUT2D eigenvalue weighted by atomic mass is 16.6. The van der Waals surface area contributed by atoms with E-state index in [1.807, 2.05) is 13.8 Å². The van der Waals surface area contributed by atoms with Gasteiger partial charge in [0.15, 0.2) is 11.7 Å². The zero-order valence-electron chi connectivity index (χ0n) is 21.7. The van der Waals surface area contributed by atoms with Gasteiger partial charge < -0.3 is 28.8 Å². The van der Waals surface area contributed by atoms with Crippen molar-refractivity contribution in [3.63, 3.8) is 0 Å². The summed E-state index contributed by atoms with van der Waals surface area (Å²) in [4.78, 5) is 49.8. The fourth-order valence-electron chi connectivity index (χ4n) is 6.76. The van der Waals surface area contributed by atoms with Crippen molar-refractivity contribution in [2.24, 2.45) is 17.3 Å². The van der Waals surface area contributed by atoms with Crippen LogP contribution in [0.25, 0.3) is 0 Å². The largest absolute Gasteiger partial charge is 0.462 e. The third-order valence-corrected chi connectivity index (χ3v) is 8.62. The Labute approximate surface area is 210 Å². The molecular formula is C26H36O10. The lowest BCUT2D eigenvalue weighted by atomic mass is 9.52. The lowest BCUT2D eigenvalue weighted by molar-refractivity contribution is -0.242. The molecule has 0 amide bonds. The van der Waals surface area contributed by atoms with Crippen molar-refractivity contribution < 1.29 is 48.0 Å². The number of allylic oxidation sites excluding steroid dienone is 1. The van der Waals surface area contributed by atoms with Gasteiger partial charge in [0.25, 0.3) is 0 Å². The molecule has 0 aromatic heterocycles. The fraction of sp³-hybridized carbons (Fsp3) is 0.769. The van der Waals surface area contributed by atoms with Crippen LogP contribution in [-0.4, -0.2) is 71.2 Å². The first-order valence-electron chi connectivity index (χ1n) is 12.5. The van der Waals surface area contributed by atoms with Gasteiger partial charge in [-0.3, -0.25) is 19.2 Å². The second-order valence-electron chi connectivity index (χ2n) is 11.0. The van der Waals surface area contributed by atoms with Gasteiger partial charge in [0, 0.05) is 26.7 Å². The molecule has 0 aromatic rings. The van der Waals surface area contributed by atoms with E-state index in [9.17, 15) is 24.3 Å². The van der Waals surface area contributed by atoms with E-state index in [1.165, 1.54) is 20.8 Å². The molecule has 0 radical (unpaired) electrons. The highest BCUT2D eigenvalue weighted by molar-refractivity contribution is 5.77. The predicted molar refractivity (Wildman–Crippen MR) is 123 cm³/mol. The van der Waals surface area contributed by atoms with E-state index in [0.717, 1.165) is 5.57 Å².